The van der Waals surface area contributed by atoms with Gasteiger partial charge in [-0.25, -0.2) is 4.57 Å². The van der Waals surface area contributed by atoms with Crippen LogP contribution >= 0.6 is 7.82 Å². The van der Waals surface area contributed by atoms with Crippen LogP contribution < -0.4 is 5.73 Å². The van der Waals surface area contributed by atoms with Crippen LogP contribution in [0.4, 0.5) is 0 Å². The number of phosphoric ester groups is 1. The number of carbonyl (C=O) groups is 3. The number of carboxylic acids is 1. The maximum Gasteiger partial charge on any atom is 0.472 e. The molecule has 0 amide bonds. The van der Waals surface area contributed by atoms with Gasteiger partial charge in [0.1, 0.15) is 12.6 Å². The van der Waals surface area contributed by atoms with Gasteiger partial charge in [-0.2, -0.15) is 0 Å². The molecular formula is C47H92NO10P. The van der Waals surface area contributed by atoms with E-state index in [9.17, 15) is 23.8 Å². The van der Waals surface area contributed by atoms with Gasteiger partial charge in [-0.3, -0.25) is 23.4 Å². The zero-order valence-electron chi connectivity index (χ0n) is 38.1. The van der Waals surface area contributed by atoms with Crippen LogP contribution in [0.25, 0.3) is 0 Å². The van der Waals surface area contributed by atoms with Crippen molar-refractivity contribution in [3.05, 3.63) is 0 Å². The highest BCUT2D eigenvalue weighted by atomic mass is 31.2. The molecule has 1 unspecified atom stereocenters. The summed E-state index contributed by atoms with van der Waals surface area (Å²) in [4.78, 5) is 46.1. The molecular weight excluding hydrogens is 769 g/mol. The lowest BCUT2D eigenvalue weighted by atomic mass is 10.0. The molecule has 0 heterocycles. The number of hydrogen-bond acceptors (Lipinski definition) is 9. The predicted octanol–water partition coefficient (Wildman–Crippen LogP) is 13.5. The van der Waals surface area contributed by atoms with Gasteiger partial charge in [0, 0.05) is 12.8 Å². The second-order valence-corrected chi connectivity index (χ2v) is 18.4. The van der Waals surface area contributed by atoms with E-state index < -0.39 is 51.1 Å². The highest BCUT2D eigenvalue weighted by Crippen LogP contribution is 2.43. The molecule has 0 rings (SSSR count). The van der Waals surface area contributed by atoms with Crippen molar-refractivity contribution < 1.29 is 47.5 Å². The van der Waals surface area contributed by atoms with Crippen molar-refractivity contribution in [2.75, 3.05) is 19.8 Å². The van der Waals surface area contributed by atoms with Crippen molar-refractivity contribution in [1.29, 1.82) is 0 Å². The third-order valence-electron chi connectivity index (χ3n) is 11.1. The van der Waals surface area contributed by atoms with E-state index in [1.807, 2.05) is 0 Å². The van der Waals surface area contributed by atoms with Crippen molar-refractivity contribution in [3.8, 4) is 0 Å². The van der Waals surface area contributed by atoms with Crippen molar-refractivity contribution in [2.45, 2.75) is 264 Å². The van der Waals surface area contributed by atoms with E-state index in [2.05, 4.69) is 18.4 Å². The zero-order valence-corrected chi connectivity index (χ0v) is 39.0. The van der Waals surface area contributed by atoms with Gasteiger partial charge in [-0.1, -0.05) is 226 Å². The monoisotopic (exact) mass is 862 g/mol. The summed E-state index contributed by atoms with van der Waals surface area (Å²) in [7, 11) is -4.71. The molecule has 0 aliphatic rings. The lowest BCUT2D eigenvalue weighted by Crippen LogP contribution is -2.34. The Balaban J connectivity index is 4.20. The minimum absolute atomic E-state index is 0.170. The molecule has 0 aromatic heterocycles. The van der Waals surface area contributed by atoms with E-state index in [4.69, 9.17) is 24.8 Å². The smallest absolute Gasteiger partial charge is 0.472 e. The van der Waals surface area contributed by atoms with Crippen molar-refractivity contribution in [3.63, 3.8) is 0 Å². The molecule has 0 aromatic carbocycles. The molecule has 4 N–H and O–H groups in total. The van der Waals surface area contributed by atoms with E-state index in [-0.39, 0.29) is 19.4 Å². The number of carbonyl (C=O) groups excluding carboxylic acids is 2. The Morgan fingerprint density at radius 1 is 0.458 bits per heavy atom. The first-order chi connectivity index (χ1) is 28.6. The number of rotatable bonds is 47. The normalized spacial score (nSPS) is 13.6. The Morgan fingerprint density at radius 3 is 1.07 bits per heavy atom. The first kappa shape index (κ1) is 57.5. The molecule has 0 saturated carbocycles. The molecule has 11 nitrogen and oxygen atoms in total. The van der Waals surface area contributed by atoms with E-state index >= 15 is 0 Å². The van der Waals surface area contributed by atoms with Gasteiger partial charge < -0.3 is 25.2 Å². The predicted molar refractivity (Wildman–Crippen MR) is 240 cm³/mol. The second-order valence-electron chi connectivity index (χ2n) is 17.0. The fourth-order valence-electron chi connectivity index (χ4n) is 7.24. The summed E-state index contributed by atoms with van der Waals surface area (Å²) in [5.41, 5.74) is 5.35. The van der Waals surface area contributed by atoms with E-state index in [0.29, 0.717) is 12.8 Å². The summed E-state index contributed by atoms with van der Waals surface area (Å²) in [6.45, 7) is 2.86. The molecule has 0 aliphatic heterocycles. The Bertz CT molecular complexity index is 1020. The lowest BCUT2D eigenvalue weighted by molar-refractivity contribution is -0.161. The molecule has 0 spiro atoms. The van der Waals surface area contributed by atoms with E-state index in [1.54, 1.807) is 0 Å². The number of esters is 2. The molecule has 3 atom stereocenters. The molecule has 0 radical (unpaired) electrons. The van der Waals surface area contributed by atoms with Gasteiger partial charge in [0.05, 0.1) is 13.2 Å². The van der Waals surface area contributed by atoms with Crippen LogP contribution in [0.1, 0.15) is 251 Å². The third-order valence-corrected chi connectivity index (χ3v) is 12.1. The second kappa shape index (κ2) is 43.1. The average Bonchev–Trinajstić information content (AvgIpc) is 3.21. The number of nitrogens with two attached hydrogens (primary N) is 1. The van der Waals surface area contributed by atoms with Gasteiger partial charge in [-0.15, -0.1) is 0 Å². The molecule has 59 heavy (non-hydrogen) atoms. The molecule has 350 valence electrons. The largest absolute Gasteiger partial charge is 0.480 e. The summed E-state index contributed by atoms with van der Waals surface area (Å²) < 4.78 is 32.8. The van der Waals surface area contributed by atoms with Crippen molar-refractivity contribution in [1.82, 2.24) is 0 Å². The average molecular weight is 862 g/mol. The Hall–Kier alpha value is -1.52. The topological polar surface area (TPSA) is 172 Å². The molecule has 0 fully saturated rings. The van der Waals surface area contributed by atoms with Crippen LogP contribution in [-0.2, 0) is 37.5 Å². The lowest BCUT2D eigenvalue weighted by Gasteiger charge is -2.20. The summed E-state index contributed by atoms with van der Waals surface area (Å²) in [6, 6.07) is -1.52. The molecule has 12 heteroatoms. The molecule has 0 aliphatic carbocycles. The maximum absolute atomic E-state index is 12.7. The van der Waals surface area contributed by atoms with Gasteiger partial charge in [-0.05, 0) is 12.8 Å². The van der Waals surface area contributed by atoms with E-state index in [1.165, 1.54) is 173 Å². The molecule has 0 aromatic rings. The number of carboxylic acid groups (broad SMARTS) is 1. The summed E-state index contributed by atoms with van der Waals surface area (Å²) in [5, 5.41) is 8.91. The molecule has 0 bridgehead atoms. The van der Waals surface area contributed by atoms with Crippen LogP contribution in [-0.4, -0.2) is 59.9 Å². The Kier molecular flexibility index (Phi) is 42.0. The van der Waals surface area contributed by atoms with Crippen LogP contribution in [0.15, 0.2) is 0 Å². The quantitative estimate of drug-likeness (QED) is 0.0302. The number of hydrogen-bond donors (Lipinski definition) is 3. The Morgan fingerprint density at radius 2 is 0.746 bits per heavy atom. The van der Waals surface area contributed by atoms with Crippen LogP contribution in [0.5, 0.6) is 0 Å². The van der Waals surface area contributed by atoms with Crippen LogP contribution in [0.3, 0.4) is 0 Å². The van der Waals surface area contributed by atoms with Crippen LogP contribution in [0.2, 0.25) is 0 Å². The summed E-state index contributed by atoms with van der Waals surface area (Å²) >= 11 is 0. The van der Waals surface area contributed by atoms with Crippen molar-refractivity contribution >= 4 is 25.7 Å². The standard InChI is InChI=1S/C47H92NO10P/c1-3-5-7-9-11-13-15-17-19-20-21-22-23-24-25-27-29-31-33-35-37-39-46(50)58-43(41-56-59(53,54)57-42-44(48)47(51)52)40-55-45(49)38-36-34-32-30-28-26-18-16-14-12-10-8-6-4-2/h43-44H,3-42,48H2,1-2H3,(H,51,52)(H,53,54)/t43-,44-/m0/s1. The zero-order chi connectivity index (χ0) is 43.5. The number of phosphoric acid groups is 1. The number of aliphatic carboxylic acids is 1. The van der Waals surface area contributed by atoms with Gasteiger partial charge in [0.2, 0.25) is 0 Å². The minimum Gasteiger partial charge on any atom is -0.480 e. The fraction of sp³-hybridized carbons (Fsp3) is 0.936. The number of unbranched alkanes of at least 4 members (excludes halogenated alkanes) is 33. The Labute approximate surface area is 361 Å². The first-order valence-electron chi connectivity index (χ1n) is 24.6. The van der Waals surface area contributed by atoms with Gasteiger partial charge >= 0.3 is 25.7 Å². The first-order valence-corrected chi connectivity index (χ1v) is 26.1. The summed E-state index contributed by atoms with van der Waals surface area (Å²) in [5.74, 6) is -2.35. The summed E-state index contributed by atoms with van der Waals surface area (Å²) in [6.07, 6.45) is 43.1. The maximum atomic E-state index is 12.7. The van der Waals surface area contributed by atoms with Crippen molar-refractivity contribution in [2.24, 2.45) is 5.73 Å². The molecule has 0 saturated heterocycles. The third kappa shape index (κ3) is 42.9. The minimum atomic E-state index is -4.71. The highest BCUT2D eigenvalue weighted by Gasteiger charge is 2.28. The van der Waals surface area contributed by atoms with E-state index in [0.717, 1.165) is 38.5 Å². The van der Waals surface area contributed by atoms with Crippen LogP contribution in [0, 0.1) is 0 Å². The highest BCUT2D eigenvalue weighted by molar-refractivity contribution is 7.47. The SMILES string of the molecule is CCCCCCCCCCCCCCCCCCCCCCCC(=O)O[C@@H](COC(=O)CCCCCCCCCCCCCCCC)COP(=O)(O)OC[C@H](N)C(=O)O. The van der Waals surface area contributed by atoms with Gasteiger partial charge in [0.15, 0.2) is 6.10 Å². The van der Waals surface area contributed by atoms with Gasteiger partial charge in [0.25, 0.3) is 0 Å². The fourth-order valence-corrected chi connectivity index (χ4v) is 8.02. The number of ether oxygens (including phenoxy) is 2.